The SMILES string of the molecule is CCCNC(=O)NC(=O)Cn1cc(CNCCOC)nn1. The number of rotatable bonds is 9. The Bertz CT molecular complexity index is 448. The van der Waals surface area contributed by atoms with Crippen LogP contribution < -0.4 is 16.0 Å². The van der Waals surface area contributed by atoms with Crippen LogP contribution in [-0.4, -0.2) is 53.7 Å². The first kappa shape index (κ1) is 17.1. The first-order valence-electron chi connectivity index (χ1n) is 6.82. The van der Waals surface area contributed by atoms with Gasteiger partial charge in [0, 0.05) is 26.7 Å². The van der Waals surface area contributed by atoms with Gasteiger partial charge in [-0.15, -0.1) is 5.10 Å². The van der Waals surface area contributed by atoms with E-state index >= 15 is 0 Å². The molecule has 1 aromatic heterocycles. The molecular weight excluding hydrogens is 276 g/mol. The summed E-state index contributed by atoms with van der Waals surface area (Å²) in [6.45, 7) is 4.27. The summed E-state index contributed by atoms with van der Waals surface area (Å²) in [4.78, 5) is 22.9. The van der Waals surface area contributed by atoms with E-state index in [4.69, 9.17) is 4.74 Å². The van der Waals surface area contributed by atoms with Gasteiger partial charge in [0.25, 0.3) is 0 Å². The van der Waals surface area contributed by atoms with Gasteiger partial charge in [-0.25, -0.2) is 9.48 Å². The highest BCUT2D eigenvalue weighted by atomic mass is 16.5. The molecule has 0 atom stereocenters. The lowest BCUT2D eigenvalue weighted by Gasteiger charge is -2.05. The van der Waals surface area contributed by atoms with Gasteiger partial charge in [-0.1, -0.05) is 12.1 Å². The van der Waals surface area contributed by atoms with E-state index in [0.29, 0.717) is 31.9 Å². The molecule has 0 radical (unpaired) electrons. The van der Waals surface area contributed by atoms with Crippen molar-refractivity contribution in [2.24, 2.45) is 0 Å². The van der Waals surface area contributed by atoms with Crippen molar-refractivity contribution in [3.63, 3.8) is 0 Å². The van der Waals surface area contributed by atoms with Gasteiger partial charge in [-0.3, -0.25) is 10.1 Å². The molecule has 21 heavy (non-hydrogen) atoms. The second kappa shape index (κ2) is 9.83. The van der Waals surface area contributed by atoms with Crippen molar-refractivity contribution in [1.29, 1.82) is 0 Å². The van der Waals surface area contributed by atoms with Crippen LogP contribution in [0.3, 0.4) is 0 Å². The second-order valence-corrected chi connectivity index (χ2v) is 4.38. The molecule has 9 nitrogen and oxygen atoms in total. The number of nitrogens with one attached hydrogen (secondary N) is 3. The molecule has 1 aromatic rings. The fraction of sp³-hybridized carbons (Fsp3) is 0.667. The highest BCUT2D eigenvalue weighted by Crippen LogP contribution is 1.92. The molecule has 0 aromatic carbocycles. The number of carbonyl (C=O) groups excluding carboxylic acids is 2. The predicted octanol–water partition coefficient (Wildman–Crippen LogP) is -0.750. The first-order valence-corrected chi connectivity index (χ1v) is 6.82. The van der Waals surface area contributed by atoms with Gasteiger partial charge < -0.3 is 15.4 Å². The third-order valence-electron chi connectivity index (χ3n) is 2.47. The highest BCUT2D eigenvalue weighted by molar-refractivity contribution is 5.94. The quantitative estimate of drug-likeness (QED) is 0.517. The lowest BCUT2D eigenvalue weighted by molar-refractivity contribution is -0.120. The van der Waals surface area contributed by atoms with Crippen molar-refractivity contribution in [3.8, 4) is 0 Å². The van der Waals surface area contributed by atoms with Gasteiger partial charge in [0.05, 0.1) is 18.5 Å². The number of methoxy groups -OCH3 is 1. The number of ether oxygens (including phenoxy) is 1. The molecule has 0 aliphatic heterocycles. The van der Waals surface area contributed by atoms with Gasteiger partial charge in [0.1, 0.15) is 6.54 Å². The van der Waals surface area contributed by atoms with Crippen LogP contribution in [-0.2, 0) is 22.6 Å². The minimum absolute atomic E-state index is 0.0510. The van der Waals surface area contributed by atoms with E-state index in [2.05, 4.69) is 26.3 Å². The average Bonchev–Trinajstić information content (AvgIpc) is 2.88. The van der Waals surface area contributed by atoms with E-state index in [0.717, 1.165) is 6.42 Å². The topological polar surface area (TPSA) is 110 Å². The predicted molar refractivity (Wildman–Crippen MR) is 75.4 cm³/mol. The number of nitrogens with zero attached hydrogens (tertiary/aromatic N) is 3. The van der Waals surface area contributed by atoms with Crippen LogP contribution in [0.1, 0.15) is 19.0 Å². The summed E-state index contributed by atoms with van der Waals surface area (Å²) >= 11 is 0. The molecule has 0 unspecified atom stereocenters. The molecule has 0 fully saturated rings. The van der Waals surface area contributed by atoms with Crippen molar-refractivity contribution < 1.29 is 14.3 Å². The maximum absolute atomic E-state index is 11.6. The molecule has 3 N–H and O–H groups in total. The normalized spacial score (nSPS) is 10.4. The Hall–Kier alpha value is -2.00. The van der Waals surface area contributed by atoms with Crippen molar-refractivity contribution in [1.82, 2.24) is 30.9 Å². The Balaban J connectivity index is 2.29. The lowest BCUT2D eigenvalue weighted by atomic mass is 10.4. The van der Waals surface area contributed by atoms with E-state index < -0.39 is 11.9 Å². The minimum atomic E-state index is -0.497. The Kier molecular flexibility index (Phi) is 7.99. The van der Waals surface area contributed by atoms with Crippen LogP contribution in [0.5, 0.6) is 0 Å². The molecule has 9 heteroatoms. The Morgan fingerprint density at radius 2 is 2.19 bits per heavy atom. The summed E-state index contributed by atoms with van der Waals surface area (Å²) in [5.41, 5.74) is 0.717. The lowest BCUT2D eigenvalue weighted by Crippen LogP contribution is -2.41. The third-order valence-corrected chi connectivity index (χ3v) is 2.47. The number of carbonyl (C=O) groups is 2. The summed E-state index contributed by atoms with van der Waals surface area (Å²) < 4.78 is 6.29. The monoisotopic (exact) mass is 298 g/mol. The molecule has 0 aliphatic carbocycles. The number of hydrogen-bond acceptors (Lipinski definition) is 6. The van der Waals surface area contributed by atoms with Crippen molar-refractivity contribution in [2.45, 2.75) is 26.4 Å². The van der Waals surface area contributed by atoms with Gasteiger partial charge >= 0.3 is 6.03 Å². The molecule has 0 aliphatic rings. The molecule has 0 spiro atoms. The maximum atomic E-state index is 11.6. The van der Waals surface area contributed by atoms with Crippen molar-refractivity contribution in [3.05, 3.63) is 11.9 Å². The van der Waals surface area contributed by atoms with E-state index in [1.165, 1.54) is 4.68 Å². The maximum Gasteiger partial charge on any atom is 0.321 e. The van der Waals surface area contributed by atoms with Crippen LogP contribution in [0.25, 0.3) is 0 Å². The van der Waals surface area contributed by atoms with Crippen LogP contribution in [0.15, 0.2) is 6.20 Å². The number of amides is 3. The smallest absolute Gasteiger partial charge is 0.321 e. The summed E-state index contributed by atoms with van der Waals surface area (Å²) in [7, 11) is 1.63. The number of hydrogen-bond donors (Lipinski definition) is 3. The summed E-state index contributed by atoms with van der Waals surface area (Å²) in [5.74, 6) is -0.438. The fourth-order valence-electron chi connectivity index (χ4n) is 1.48. The van der Waals surface area contributed by atoms with E-state index in [1.807, 2.05) is 6.92 Å². The average molecular weight is 298 g/mol. The molecule has 1 heterocycles. The molecule has 3 amide bonds. The molecule has 0 saturated carbocycles. The zero-order chi connectivity index (χ0) is 15.5. The fourth-order valence-corrected chi connectivity index (χ4v) is 1.48. The largest absolute Gasteiger partial charge is 0.383 e. The second-order valence-electron chi connectivity index (χ2n) is 4.38. The van der Waals surface area contributed by atoms with Crippen molar-refractivity contribution in [2.75, 3.05) is 26.8 Å². The van der Waals surface area contributed by atoms with Crippen LogP contribution in [0.4, 0.5) is 4.79 Å². The van der Waals surface area contributed by atoms with E-state index in [-0.39, 0.29) is 6.54 Å². The molecular formula is C12H22N6O3. The molecule has 0 saturated heterocycles. The number of urea groups is 1. The third kappa shape index (κ3) is 7.37. The summed E-state index contributed by atoms with van der Waals surface area (Å²) in [5, 5.41) is 15.6. The molecule has 1 rings (SSSR count). The van der Waals surface area contributed by atoms with Crippen LogP contribution >= 0.6 is 0 Å². The first-order chi connectivity index (χ1) is 10.2. The standard InChI is InChI=1S/C12H22N6O3/c1-3-4-14-12(20)15-11(19)9-18-8-10(16-17-18)7-13-5-6-21-2/h8,13H,3-7,9H2,1-2H3,(H2,14,15,19,20). The van der Waals surface area contributed by atoms with Crippen molar-refractivity contribution >= 4 is 11.9 Å². The molecule has 0 bridgehead atoms. The van der Waals surface area contributed by atoms with Crippen LogP contribution in [0.2, 0.25) is 0 Å². The minimum Gasteiger partial charge on any atom is -0.383 e. The van der Waals surface area contributed by atoms with Gasteiger partial charge in [0.15, 0.2) is 0 Å². The van der Waals surface area contributed by atoms with Crippen LogP contribution in [0, 0.1) is 0 Å². The van der Waals surface area contributed by atoms with Gasteiger partial charge in [-0.05, 0) is 6.42 Å². The Morgan fingerprint density at radius 1 is 1.38 bits per heavy atom. The van der Waals surface area contributed by atoms with E-state index in [1.54, 1.807) is 13.3 Å². The summed E-state index contributed by atoms with van der Waals surface area (Å²) in [6, 6.07) is -0.497. The Labute approximate surface area is 123 Å². The summed E-state index contributed by atoms with van der Waals surface area (Å²) in [6.07, 6.45) is 2.47. The highest BCUT2D eigenvalue weighted by Gasteiger charge is 2.09. The van der Waals surface area contributed by atoms with E-state index in [9.17, 15) is 9.59 Å². The van der Waals surface area contributed by atoms with Gasteiger partial charge in [-0.2, -0.15) is 0 Å². The van der Waals surface area contributed by atoms with Gasteiger partial charge in [0.2, 0.25) is 5.91 Å². The Morgan fingerprint density at radius 3 is 2.90 bits per heavy atom. The zero-order valence-electron chi connectivity index (χ0n) is 12.4. The zero-order valence-corrected chi connectivity index (χ0v) is 12.4. The number of imide groups is 1. The number of aromatic nitrogens is 3. The molecule has 118 valence electrons.